The highest BCUT2D eigenvalue weighted by Crippen LogP contribution is 2.48. The lowest BCUT2D eigenvalue weighted by Gasteiger charge is -2.37. The van der Waals surface area contributed by atoms with Crippen molar-refractivity contribution in [3.05, 3.63) is 12.2 Å². The Morgan fingerprint density at radius 2 is 2.00 bits per heavy atom. The second-order valence-corrected chi connectivity index (χ2v) is 6.38. The quantitative estimate of drug-likeness (QED) is 0.746. The molecule has 0 aliphatic heterocycles. The second-order valence-electron chi connectivity index (χ2n) is 6.38. The van der Waals surface area contributed by atoms with E-state index in [1.54, 1.807) is 0 Å². The molecule has 0 aromatic rings. The fraction of sp³-hybridized carbons (Fsp3) is 0.800. The van der Waals surface area contributed by atoms with Crippen LogP contribution >= 0.6 is 0 Å². The first-order valence-corrected chi connectivity index (χ1v) is 7.42. The maximum absolute atomic E-state index is 12.1. The standard InChI is InChI=1S/C15H24N2O/c16-14-9-11-7-12(8-13(11)14)15(18)17-6-5-10-3-1-2-4-10/h1-2,10-14H,3-9,16H2,(H,17,18). The number of amides is 1. The molecule has 0 aromatic carbocycles. The number of allylic oxidation sites excluding steroid dienone is 2. The summed E-state index contributed by atoms with van der Waals surface area (Å²) in [5.74, 6) is 2.67. The van der Waals surface area contributed by atoms with Crippen molar-refractivity contribution in [3.63, 3.8) is 0 Å². The second kappa shape index (κ2) is 5.04. The zero-order chi connectivity index (χ0) is 12.5. The van der Waals surface area contributed by atoms with E-state index >= 15 is 0 Å². The van der Waals surface area contributed by atoms with Crippen molar-refractivity contribution in [2.45, 2.75) is 44.6 Å². The van der Waals surface area contributed by atoms with E-state index in [-0.39, 0.29) is 11.8 Å². The average Bonchev–Trinajstić information content (AvgIpc) is 2.96. The third-order valence-electron chi connectivity index (χ3n) is 5.20. The predicted octanol–water partition coefficient (Wildman–Crippen LogP) is 1.83. The summed E-state index contributed by atoms with van der Waals surface area (Å²) < 4.78 is 0. The molecule has 3 aliphatic rings. The molecule has 0 bridgehead atoms. The van der Waals surface area contributed by atoms with E-state index in [1.807, 2.05) is 0 Å². The van der Waals surface area contributed by atoms with E-state index in [2.05, 4.69) is 17.5 Å². The van der Waals surface area contributed by atoms with Crippen LogP contribution in [0.5, 0.6) is 0 Å². The summed E-state index contributed by atoms with van der Waals surface area (Å²) in [7, 11) is 0. The van der Waals surface area contributed by atoms with Crippen LogP contribution in [0.3, 0.4) is 0 Å². The molecule has 2 saturated carbocycles. The Balaban J connectivity index is 1.37. The molecule has 0 heterocycles. The number of carbonyl (C=O) groups is 1. The van der Waals surface area contributed by atoms with E-state index < -0.39 is 0 Å². The molecule has 1 amide bonds. The fourth-order valence-corrected chi connectivity index (χ4v) is 3.95. The average molecular weight is 248 g/mol. The zero-order valence-corrected chi connectivity index (χ0v) is 11.0. The van der Waals surface area contributed by atoms with Crippen LogP contribution < -0.4 is 11.1 Å². The van der Waals surface area contributed by atoms with Crippen LogP contribution in [0.4, 0.5) is 0 Å². The van der Waals surface area contributed by atoms with E-state index in [0.29, 0.717) is 12.0 Å². The molecular formula is C15H24N2O. The summed E-state index contributed by atoms with van der Waals surface area (Å²) in [6, 6.07) is 0.373. The maximum Gasteiger partial charge on any atom is 0.223 e. The number of nitrogens with two attached hydrogens (primary N) is 1. The number of rotatable bonds is 4. The van der Waals surface area contributed by atoms with Crippen molar-refractivity contribution in [1.82, 2.24) is 5.32 Å². The van der Waals surface area contributed by atoms with E-state index in [0.717, 1.165) is 44.1 Å². The molecule has 2 fully saturated rings. The minimum atomic E-state index is 0.246. The molecule has 3 rings (SSSR count). The van der Waals surface area contributed by atoms with Crippen LogP contribution in [-0.2, 0) is 4.79 Å². The number of fused-ring (bicyclic) bond motifs is 1. The lowest BCUT2D eigenvalue weighted by molar-refractivity contribution is -0.124. The molecule has 4 atom stereocenters. The van der Waals surface area contributed by atoms with Gasteiger partial charge in [0.1, 0.15) is 0 Å². The summed E-state index contributed by atoms with van der Waals surface area (Å²) in [5, 5.41) is 3.13. The minimum Gasteiger partial charge on any atom is -0.356 e. The summed E-state index contributed by atoms with van der Waals surface area (Å²) in [6.45, 7) is 0.850. The molecule has 3 heteroatoms. The van der Waals surface area contributed by atoms with Gasteiger partial charge in [-0.15, -0.1) is 0 Å². The summed E-state index contributed by atoms with van der Waals surface area (Å²) in [6.07, 6.45) is 11.3. The first kappa shape index (κ1) is 12.2. The van der Waals surface area contributed by atoms with Crippen LogP contribution in [0.2, 0.25) is 0 Å². The monoisotopic (exact) mass is 248 g/mol. The summed E-state index contributed by atoms with van der Waals surface area (Å²) in [5.41, 5.74) is 5.97. The van der Waals surface area contributed by atoms with Gasteiger partial charge in [0.25, 0.3) is 0 Å². The highest BCUT2D eigenvalue weighted by molar-refractivity contribution is 5.79. The maximum atomic E-state index is 12.1. The Bertz CT molecular complexity index is 344. The van der Waals surface area contributed by atoms with Crippen molar-refractivity contribution in [2.24, 2.45) is 29.4 Å². The van der Waals surface area contributed by atoms with Gasteiger partial charge >= 0.3 is 0 Å². The normalized spacial score (nSPS) is 38.5. The van der Waals surface area contributed by atoms with Gasteiger partial charge < -0.3 is 11.1 Å². The van der Waals surface area contributed by atoms with Crippen molar-refractivity contribution in [3.8, 4) is 0 Å². The van der Waals surface area contributed by atoms with Crippen LogP contribution in [0.1, 0.15) is 38.5 Å². The number of hydrogen-bond acceptors (Lipinski definition) is 2. The number of hydrogen-bond donors (Lipinski definition) is 2. The number of carbonyl (C=O) groups excluding carboxylic acids is 1. The van der Waals surface area contributed by atoms with Crippen molar-refractivity contribution >= 4 is 5.91 Å². The van der Waals surface area contributed by atoms with Gasteiger partial charge in [0.05, 0.1) is 0 Å². The molecule has 0 radical (unpaired) electrons. The van der Waals surface area contributed by atoms with Gasteiger partial charge in [-0.1, -0.05) is 12.2 Å². The van der Waals surface area contributed by atoms with E-state index in [9.17, 15) is 4.79 Å². The molecule has 4 unspecified atom stereocenters. The summed E-state index contributed by atoms with van der Waals surface area (Å²) in [4.78, 5) is 12.1. The molecule has 0 saturated heterocycles. The third-order valence-corrected chi connectivity index (χ3v) is 5.20. The Morgan fingerprint density at radius 1 is 1.22 bits per heavy atom. The first-order valence-electron chi connectivity index (χ1n) is 7.42. The summed E-state index contributed by atoms with van der Waals surface area (Å²) >= 11 is 0. The zero-order valence-electron chi connectivity index (χ0n) is 11.0. The Labute approximate surface area is 109 Å². The highest BCUT2D eigenvalue weighted by atomic mass is 16.1. The van der Waals surface area contributed by atoms with Crippen molar-refractivity contribution in [2.75, 3.05) is 6.54 Å². The smallest absolute Gasteiger partial charge is 0.223 e. The van der Waals surface area contributed by atoms with Crippen LogP contribution in [0.15, 0.2) is 12.2 Å². The fourth-order valence-electron chi connectivity index (χ4n) is 3.95. The first-order chi connectivity index (χ1) is 8.74. The molecule has 100 valence electrons. The van der Waals surface area contributed by atoms with Gasteiger partial charge in [0.2, 0.25) is 5.91 Å². The van der Waals surface area contributed by atoms with Gasteiger partial charge in [0, 0.05) is 18.5 Å². The van der Waals surface area contributed by atoms with E-state index in [4.69, 9.17) is 5.73 Å². The van der Waals surface area contributed by atoms with Gasteiger partial charge in [-0.25, -0.2) is 0 Å². The highest BCUT2D eigenvalue weighted by Gasteiger charge is 2.47. The van der Waals surface area contributed by atoms with Gasteiger partial charge in [-0.3, -0.25) is 4.79 Å². The van der Waals surface area contributed by atoms with Crippen molar-refractivity contribution in [1.29, 1.82) is 0 Å². The molecule has 0 aromatic heterocycles. The van der Waals surface area contributed by atoms with Crippen molar-refractivity contribution < 1.29 is 4.79 Å². The molecule has 18 heavy (non-hydrogen) atoms. The van der Waals surface area contributed by atoms with Gasteiger partial charge in [0.15, 0.2) is 0 Å². The Morgan fingerprint density at radius 3 is 2.67 bits per heavy atom. The van der Waals surface area contributed by atoms with Crippen LogP contribution in [-0.4, -0.2) is 18.5 Å². The van der Waals surface area contributed by atoms with Gasteiger partial charge in [-0.05, 0) is 56.3 Å². The molecule has 3 aliphatic carbocycles. The van der Waals surface area contributed by atoms with Gasteiger partial charge in [-0.2, -0.15) is 0 Å². The molecule has 0 spiro atoms. The number of nitrogens with one attached hydrogen (secondary N) is 1. The topological polar surface area (TPSA) is 55.1 Å². The lowest BCUT2D eigenvalue weighted by Crippen LogP contribution is -2.44. The Hall–Kier alpha value is -0.830. The van der Waals surface area contributed by atoms with Crippen LogP contribution in [0, 0.1) is 23.7 Å². The largest absolute Gasteiger partial charge is 0.356 e. The lowest BCUT2D eigenvalue weighted by atomic mass is 9.72. The Kier molecular flexibility index (Phi) is 3.42. The minimum absolute atomic E-state index is 0.246. The SMILES string of the molecule is NC1CC2CC(C(=O)NCCC3CC=CC3)CC12. The third kappa shape index (κ3) is 2.33. The molecule has 3 N–H and O–H groups in total. The molecular weight excluding hydrogens is 224 g/mol. The predicted molar refractivity (Wildman–Crippen MR) is 71.8 cm³/mol. The molecule has 3 nitrogen and oxygen atoms in total. The van der Waals surface area contributed by atoms with Crippen LogP contribution in [0.25, 0.3) is 0 Å². The van der Waals surface area contributed by atoms with E-state index in [1.165, 1.54) is 12.8 Å².